The molecule has 0 aliphatic heterocycles. The highest BCUT2D eigenvalue weighted by Crippen LogP contribution is 2.22. The van der Waals surface area contributed by atoms with Gasteiger partial charge in [-0.05, 0) is 12.1 Å². The number of rotatable bonds is 2. The molecule has 0 fully saturated rings. The van der Waals surface area contributed by atoms with E-state index in [2.05, 4.69) is 15.3 Å². The van der Waals surface area contributed by atoms with E-state index in [0.29, 0.717) is 11.5 Å². The van der Waals surface area contributed by atoms with Gasteiger partial charge in [-0.2, -0.15) is 0 Å². The summed E-state index contributed by atoms with van der Waals surface area (Å²) in [6.07, 6.45) is 2.31. The molecule has 2 aromatic heterocycles. The van der Waals surface area contributed by atoms with Gasteiger partial charge in [0.1, 0.15) is 10.3 Å². The Morgan fingerprint density at radius 3 is 3.25 bits per heavy atom. The number of nitrogens with zero attached hydrogens (tertiary/aromatic N) is 2. The second-order valence-corrected chi connectivity index (χ2v) is 3.09. The van der Waals surface area contributed by atoms with E-state index in [1.807, 2.05) is 12.1 Å². The monoisotopic (exact) mass is 179 g/mol. The summed E-state index contributed by atoms with van der Waals surface area (Å²) < 4.78 is 0. The molecule has 2 rings (SSSR count). The maximum Gasteiger partial charge on any atom is 0.213 e. The van der Waals surface area contributed by atoms with Gasteiger partial charge in [-0.1, -0.05) is 11.3 Å². The Morgan fingerprint density at radius 1 is 1.58 bits per heavy atom. The van der Waals surface area contributed by atoms with Gasteiger partial charge in [0.25, 0.3) is 0 Å². The summed E-state index contributed by atoms with van der Waals surface area (Å²) in [5.41, 5.74) is 0.812. The third-order valence-corrected chi connectivity index (χ3v) is 2.26. The summed E-state index contributed by atoms with van der Waals surface area (Å²) in [7, 11) is 0. The van der Waals surface area contributed by atoms with Gasteiger partial charge < -0.3 is 5.32 Å². The summed E-state index contributed by atoms with van der Waals surface area (Å²) in [6.45, 7) is 0. The number of fused-ring (bicyclic) bond motifs is 1. The summed E-state index contributed by atoms with van der Waals surface area (Å²) in [5.74, 6) is 0. The number of hydrogen-bond donors (Lipinski definition) is 1. The molecule has 0 saturated carbocycles. The summed E-state index contributed by atoms with van der Waals surface area (Å²) in [5, 5.41) is 3.07. The number of carbonyl (C=O) groups is 1. The van der Waals surface area contributed by atoms with E-state index < -0.39 is 0 Å². The fourth-order valence-electron chi connectivity index (χ4n) is 0.882. The van der Waals surface area contributed by atoms with Crippen molar-refractivity contribution in [2.45, 2.75) is 0 Å². The fraction of sp³-hybridized carbons (Fsp3) is 0. The van der Waals surface area contributed by atoms with Crippen molar-refractivity contribution in [3.05, 3.63) is 18.3 Å². The number of anilines is 1. The number of pyridine rings is 1. The van der Waals surface area contributed by atoms with Crippen molar-refractivity contribution in [1.29, 1.82) is 0 Å². The first-order valence-corrected chi connectivity index (χ1v) is 4.13. The zero-order chi connectivity index (χ0) is 8.39. The number of carbonyl (C=O) groups excluding carboxylic acids is 1. The number of hydrogen-bond acceptors (Lipinski definition) is 4. The second kappa shape index (κ2) is 2.86. The van der Waals surface area contributed by atoms with Gasteiger partial charge in [0.15, 0.2) is 5.13 Å². The van der Waals surface area contributed by atoms with E-state index in [1.165, 1.54) is 11.3 Å². The topological polar surface area (TPSA) is 54.9 Å². The van der Waals surface area contributed by atoms with Crippen LogP contribution in [0.4, 0.5) is 5.13 Å². The number of amides is 1. The molecule has 1 N–H and O–H groups in total. The summed E-state index contributed by atoms with van der Waals surface area (Å²) >= 11 is 1.36. The first-order valence-electron chi connectivity index (χ1n) is 3.32. The molecular weight excluding hydrogens is 174 g/mol. The molecule has 0 atom stereocenters. The van der Waals surface area contributed by atoms with Crippen LogP contribution in [0.3, 0.4) is 0 Å². The van der Waals surface area contributed by atoms with Gasteiger partial charge in [-0.3, -0.25) is 4.79 Å². The van der Waals surface area contributed by atoms with Crippen molar-refractivity contribution in [1.82, 2.24) is 9.97 Å². The SMILES string of the molecule is O=CNc1nc2cccnc2s1. The smallest absolute Gasteiger partial charge is 0.213 e. The third-order valence-electron chi connectivity index (χ3n) is 1.35. The molecule has 4 nitrogen and oxygen atoms in total. The average Bonchev–Trinajstić information content (AvgIpc) is 2.47. The summed E-state index contributed by atoms with van der Waals surface area (Å²) in [6, 6.07) is 3.67. The fourth-order valence-corrected chi connectivity index (χ4v) is 1.65. The van der Waals surface area contributed by atoms with Crippen LogP contribution in [0.1, 0.15) is 0 Å². The van der Waals surface area contributed by atoms with Crippen LogP contribution < -0.4 is 5.32 Å². The maximum absolute atomic E-state index is 10.1. The van der Waals surface area contributed by atoms with Crippen LogP contribution in [-0.4, -0.2) is 16.4 Å². The molecule has 0 aliphatic rings. The molecule has 0 unspecified atom stereocenters. The van der Waals surface area contributed by atoms with Crippen LogP contribution in [0.15, 0.2) is 18.3 Å². The summed E-state index contributed by atoms with van der Waals surface area (Å²) in [4.78, 5) is 19.1. The minimum atomic E-state index is 0.582. The average molecular weight is 179 g/mol. The van der Waals surface area contributed by atoms with E-state index in [0.717, 1.165) is 10.3 Å². The second-order valence-electron chi connectivity index (χ2n) is 2.11. The number of aromatic nitrogens is 2. The Morgan fingerprint density at radius 2 is 2.50 bits per heavy atom. The Labute approximate surface area is 72.3 Å². The van der Waals surface area contributed by atoms with Crippen molar-refractivity contribution < 1.29 is 4.79 Å². The predicted molar refractivity (Wildman–Crippen MR) is 47.1 cm³/mol. The molecule has 12 heavy (non-hydrogen) atoms. The largest absolute Gasteiger partial charge is 0.305 e. The molecule has 0 bridgehead atoms. The first-order chi connectivity index (χ1) is 5.90. The molecule has 1 amide bonds. The lowest BCUT2D eigenvalue weighted by molar-refractivity contribution is -0.105. The van der Waals surface area contributed by atoms with Gasteiger partial charge >= 0.3 is 0 Å². The molecule has 0 saturated heterocycles. The molecule has 2 aromatic rings. The predicted octanol–water partition coefficient (Wildman–Crippen LogP) is 1.26. The van der Waals surface area contributed by atoms with Crippen molar-refractivity contribution >= 4 is 33.2 Å². The highest BCUT2D eigenvalue weighted by molar-refractivity contribution is 7.21. The first kappa shape index (κ1) is 7.17. The van der Waals surface area contributed by atoms with E-state index in [-0.39, 0.29) is 0 Å². The standard InChI is InChI=1S/C7H5N3OS/c11-4-9-7-10-5-2-1-3-8-6(5)12-7/h1-4H,(H,9,10,11). The Kier molecular flexibility index (Phi) is 1.71. The molecule has 0 radical (unpaired) electrons. The minimum Gasteiger partial charge on any atom is -0.305 e. The van der Waals surface area contributed by atoms with Gasteiger partial charge in [-0.15, -0.1) is 0 Å². The highest BCUT2D eigenvalue weighted by atomic mass is 32.1. The van der Waals surface area contributed by atoms with Crippen molar-refractivity contribution in [3.8, 4) is 0 Å². The van der Waals surface area contributed by atoms with Gasteiger partial charge in [0.05, 0.1) is 0 Å². The minimum absolute atomic E-state index is 0.582. The van der Waals surface area contributed by atoms with Crippen molar-refractivity contribution in [3.63, 3.8) is 0 Å². The number of thiazole rings is 1. The van der Waals surface area contributed by atoms with Crippen LogP contribution in [0.5, 0.6) is 0 Å². The quantitative estimate of drug-likeness (QED) is 0.706. The van der Waals surface area contributed by atoms with E-state index in [4.69, 9.17) is 0 Å². The lowest BCUT2D eigenvalue weighted by atomic mass is 10.5. The lowest BCUT2D eigenvalue weighted by Crippen LogP contribution is -1.91. The van der Waals surface area contributed by atoms with Gasteiger partial charge in [0.2, 0.25) is 6.41 Å². The molecule has 0 aliphatic carbocycles. The Balaban J connectivity index is 2.54. The molecule has 60 valence electrons. The normalized spacial score (nSPS) is 10.0. The van der Waals surface area contributed by atoms with E-state index in [9.17, 15) is 4.79 Å². The van der Waals surface area contributed by atoms with Crippen LogP contribution in [-0.2, 0) is 4.79 Å². The van der Waals surface area contributed by atoms with Crippen molar-refractivity contribution in [2.75, 3.05) is 5.32 Å². The molecule has 5 heteroatoms. The third kappa shape index (κ3) is 1.14. The molecule has 0 spiro atoms. The lowest BCUT2D eigenvalue weighted by Gasteiger charge is -1.83. The Bertz CT molecular complexity index is 379. The number of nitrogens with one attached hydrogen (secondary N) is 1. The molecule has 2 heterocycles. The van der Waals surface area contributed by atoms with Gasteiger partial charge in [-0.25, -0.2) is 9.97 Å². The van der Waals surface area contributed by atoms with E-state index >= 15 is 0 Å². The zero-order valence-electron chi connectivity index (χ0n) is 6.02. The molecular formula is C7H5N3OS. The van der Waals surface area contributed by atoms with Crippen LogP contribution in [0, 0.1) is 0 Å². The van der Waals surface area contributed by atoms with Crippen molar-refractivity contribution in [2.24, 2.45) is 0 Å². The highest BCUT2D eigenvalue weighted by Gasteiger charge is 2.01. The maximum atomic E-state index is 10.1. The van der Waals surface area contributed by atoms with Gasteiger partial charge in [0, 0.05) is 6.20 Å². The molecule has 0 aromatic carbocycles. The van der Waals surface area contributed by atoms with Crippen LogP contribution in [0.25, 0.3) is 10.3 Å². The van der Waals surface area contributed by atoms with Crippen LogP contribution >= 0.6 is 11.3 Å². The van der Waals surface area contributed by atoms with E-state index in [1.54, 1.807) is 6.20 Å². The van der Waals surface area contributed by atoms with Crippen LogP contribution in [0.2, 0.25) is 0 Å². The zero-order valence-corrected chi connectivity index (χ0v) is 6.84. The Hall–Kier alpha value is -1.49.